The van der Waals surface area contributed by atoms with Gasteiger partial charge in [0.05, 0.1) is 6.10 Å². The van der Waals surface area contributed by atoms with Crippen molar-refractivity contribution in [3.63, 3.8) is 0 Å². The molecule has 1 heterocycles. The van der Waals surface area contributed by atoms with Crippen molar-refractivity contribution in [1.82, 2.24) is 4.57 Å². The van der Waals surface area contributed by atoms with E-state index in [2.05, 4.69) is 0 Å². The van der Waals surface area contributed by atoms with E-state index in [9.17, 15) is 5.11 Å². The summed E-state index contributed by atoms with van der Waals surface area (Å²) in [5.74, 6) is 0. The Kier molecular flexibility index (Phi) is 2.09. The Morgan fingerprint density at radius 1 is 1.80 bits per heavy atom. The minimum absolute atomic E-state index is 0.282. The van der Waals surface area contributed by atoms with Crippen LogP contribution in [-0.4, -0.2) is 16.2 Å². The molecule has 0 aliphatic rings. The summed E-state index contributed by atoms with van der Waals surface area (Å²) in [6.07, 6.45) is 3.23. The highest BCUT2D eigenvalue weighted by Crippen LogP contribution is 2.09. The van der Waals surface area contributed by atoms with E-state index < -0.39 is 6.10 Å². The first-order valence-corrected chi connectivity index (χ1v) is 3.24. The third kappa shape index (κ3) is 1.37. The Bertz CT molecular complexity index is 207. The highest BCUT2D eigenvalue weighted by atomic mass is 16.3. The van der Waals surface area contributed by atoms with Gasteiger partial charge in [-0.3, -0.25) is 0 Å². The molecule has 0 saturated heterocycles. The zero-order chi connectivity index (χ0) is 7.56. The van der Waals surface area contributed by atoms with Crippen LogP contribution in [0.1, 0.15) is 11.7 Å². The van der Waals surface area contributed by atoms with Gasteiger partial charge in [-0.05, 0) is 11.6 Å². The Morgan fingerprint density at radius 2 is 2.50 bits per heavy atom. The van der Waals surface area contributed by atoms with E-state index in [0.29, 0.717) is 0 Å². The minimum Gasteiger partial charge on any atom is -0.387 e. The number of hydrogen-bond donors (Lipinski definition) is 2. The van der Waals surface area contributed by atoms with Crippen LogP contribution in [-0.2, 0) is 7.05 Å². The van der Waals surface area contributed by atoms with Gasteiger partial charge in [0, 0.05) is 26.0 Å². The number of aryl methyl sites for hydroxylation is 1. The van der Waals surface area contributed by atoms with Crippen LogP contribution in [0.5, 0.6) is 0 Å². The maximum absolute atomic E-state index is 9.20. The van der Waals surface area contributed by atoms with Crippen molar-refractivity contribution in [2.24, 2.45) is 12.8 Å². The van der Waals surface area contributed by atoms with Crippen molar-refractivity contribution in [1.29, 1.82) is 0 Å². The number of rotatable bonds is 2. The van der Waals surface area contributed by atoms with E-state index >= 15 is 0 Å². The summed E-state index contributed by atoms with van der Waals surface area (Å²) in [4.78, 5) is 0. The van der Waals surface area contributed by atoms with Crippen LogP contribution in [0.2, 0.25) is 0 Å². The second kappa shape index (κ2) is 2.86. The fraction of sp³-hybridized carbons (Fsp3) is 0.429. The number of hydrogen-bond acceptors (Lipinski definition) is 2. The molecule has 3 nitrogen and oxygen atoms in total. The molecule has 0 amide bonds. The monoisotopic (exact) mass is 140 g/mol. The molecule has 1 aromatic rings. The molecule has 0 aliphatic carbocycles. The first-order valence-electron chi connectivity index (χ1n) is 3.24. The van der Waals surface area contributed by atoms with E-state index in [0.717, 1.165) is 5.56 Å². The van der Waals surface area contributed by atoms with Gasteiger partial charge in [-0.15, -0.1) is 0 Å². The van der Waals surface area contributed by atoms with E-state index in [1.54, 1.807) is 0 Å². The molecule has 10 heavy (non-hydrogen) atoms. The maximum Gasteiger partial charge on any atom is 0.0926 e. The predicted molar refractivity (Wildman–Crippen MR) is 39.4 cm³/mol. The molecule has 0 saturated carbocycles. The third-order valence-corrected chi connectivity index (χ3v) is 1.46. The minimum atomic E-state index is -0.513. The van der Waals surface area contributed by atoms with Gasteiger partial charge in [0.25, 0.3) is 0 Å². The van der Waals surface area contributed by atoms with Crippen LogP contribution in [0, 0.1) is 0 Å². The summed E-state index contributed by atoms with van der Waals surface area (Å²) in [7, 11) is 1.91. The molecule has 3 heteroatoms. The van der Waals surface area contributed by atoms with E-state index in [1.165, 1.54) is 0 Å². The SMILES string of the molecule is Cn1ccc(C(O)CN)c1. The lowest BCUT2D eigenvalue weighted by Gasteiger charge is -2.02. The summed E-state index contributed by atoms with van der Waals surface area (Å²) in [6.45, 7) is 0.282. The molecule has 3 N–H and O–H groups in total. The first kappa shape index (κ1) is 7.31. The average molecular weight is 140 g/mol. The number of aromatic nitrogens is 1. The highest BCUT2D eigenvalue weighted by molar-refractivity contribution is 5.13. The molecule has 0 aliphatic heterocycles. The van der Waals surface area contributed by atoms with Crippen LogP contribution in [0.25, 0.3) is 0 Å². The van der Waals surface area contributed by atoms with Gasteiger partial charge >= 0.3 is 0 Å². The molecular weight excluding hydrogens is 128 g/mol. The molecular formula is C7H12N2O. The molecule has 0 bridgehead atoms. The van der Waals surface area contributed by atoms with Gasteiger partial charge in [-0.25, -0.2) is 0 Å². The Hall–Kier alpha value is -0.800. The van der Waals surface area contributed by atoms with Gasteiger partial charge in [-0.2, -0.15) is 0 Å². The van der Waals surface area contributed by atoms with E-state index in [1.807, 2.05) is 30.1 Å². The van der Waals surface area contributed by atoms with Gasteiger partial charge in [0.15, 0.2) is 0 Å². The lowest BCUT2D eigenvalue weighted by atomic mass is 10.2. The lowest BCUT2D eigenvalue weighted by molar-refractivity contribution is 0.186. The van der Waals surface area contributed by atoms with Crippen molar-refractivity contribution >= 4 is 0 Å². The smallest absolute Gasteiger partial charge is 0.0926 e. The first-order chi connectivity index (χ1) is 4.74. The summed E-state index contributed by atoms with van der Waals surface area (Å²) in [6, 6.07) is 1.86. The second-order valence-corrected chi connectivity index (χ2v) is 2.36. The Morgan fingerprint density at radius 3 is 2.90 bits per heavy atom. The molecule has 0 aromatic carbocycles. The molecule has 1 rings (SSSR count). The fourth-order valence-corrected chi connectivity index (χ4v) is 0.858. The van der Waals surface area contributed by atoms with Crippen LogP contribution >= 0.6 is 0 Å². The number of aliphatic hydroxyl groups excluding tert-OH is 1. The quantitative estimate of drug-likeness (QED) is 0.608. The fourth-order valence-electron chi connectivity index (χ4n) is 0.858. The van der Waals surface area contributed by atoms with E-state index in [-0.39, 0.29) is 6.54 Å². The van der Waals surface area contributed by atoms with Gasteiger partial charge in [-0.1, -0.05) is 0 Å². The molecule has 0 fully saturated rings. The van der Waals surface area contributed by atoms with Crippen LogP contribution in [0.15, 0.2) is 18.5 Å². The number of nitrogens with two attached hydrogens (primary N) is 1. The normalized spacial score (nSPS) is 13.5. The molecule has 1 aromatic heterocycles. The van der Waals surface area contributed by atoms with E-state index in [4.69, 9.17) is 5.73 Å². The zero-order valence-electron chi connectivity index (χ0n) is 5.99. The number of aliphatic hydroxyl groups is 1. The second-order valence-electron chi connectivity index (χ2n) is 2.36. The predicted octanol–water partition coefficient (Wildman–Crippen LogP) is 0.0172. The molecule has 0 spiro atoms. The molecule has 1 unspecified atom stereocenters. The lowest BCUT2D eigenvalue weighted by Crippen LogP contribution is -2.10. The molecule has 56 valence electrons. The standard InChI is InChI=1S/C7H12N2O/c1-9-3-2-6(5-9)7(10)4-8/h2-3,5,7,10H,4,8H2,1H3. The van der Waals surface area contributed by atoms with Crippen molar-refractivity contribution in [2.45, 2.75) is 6.10 Å². The van der Waals surface area contributed by atoms with Gasteiger partial charge in [0.2, 0.25) is 0 Å². The van der Waals surface area contributed by atoms with Crippen molar-refractivity contribution in [3.8, 4) is 0 Å². The van der Waals surface area contributed by atoms with Crippen molar-refractivity contribution in [2.75, 3.05) is 6.54 Å². The summed E-state index contributed by atoms with van der Waals surface area (Å²) < 4.78 is 1.88. The van der Waals surface area contributed by atoms with Crippen LogP contribution < -0.4 is 5.73 Å². The Balaban J connectivity index is 2.74. The third-order valence-electron chi connectivity index (χ3n) is 1.46. The highest BCUT2D eigenvalue weighted by Gasteiger charge is 2.04. The Labute approximate surface area is 60.1 Å². The van der Waals surface area contributed by atoms with Gasteiger partial charge < -0.3 is 15.4 Å². The number of nitrogens with zero attached hydrogens (tertiary/aromatic N) is 1. The van der Waals surface area contributed by atoms with Gasteiger partial charge in [0.1, 0.15) is 0 Å². The van der Waals surface area contributed by atoms with Crippen molar-refractivity contribution in [3.05, 3.63) is 24.0 Å². The average Bonchev–Trinajstić information content (AvgIpc) is 2.34. The van der Waals surface area contributed by atoms with Crippen LogP contribution in [0.4, 0.5) is 0 Å². The zero-order valence-corrected chi connectivity index (χ0v) is 5.99. The topological polar surface area (TPSA) is 51.2 Å². The van der Waals surface area contributed by atoms with Crippen molar-refractivity contribution < 1.29 is 5.11 Å². The largest absolute Gasteiger partial charge is 0.387 e. The van der Waals surface area contributed by atoms with Crippen LogP contribution in [0.3, 0.4) is 0 Å². The summed E-state index contributed by atoms with van der Waals surface area (Å²) in [5, 5.41) is 9.20. The maximum atomic E-state index is 9.20. The summed E-state index contributed by atoms with van der Waals surface area (Å²) >= 11 is 0. The molecule has 1 atom stereocenters. The summed E-state index contributed by atoms with van der Waals surface area (Å²) in [5.41, 5.74) is 6.13. The molecule has 0 radical (unpaired) electrons.